The van der Waals surface area contributed by atoms with E-state index in [0.717, 1.165) is 23.5 Å². The third-order valence-corrected chi connectivity index (χ3v) is 6.24. The molecule has 7 heteroatoms. The largest absolute Gasteiger partial charge is 0.358 e. The summed E-state index contributed by atoms with van der Waals surface area (Å²) in [5.74, 6) is -1.33. The Bertz CT molecular complexity index is 986. The zero-order chi connectivity index (χ0) is 19.0. The van der Waals surface area contributed by atoms with Gasteiger partial charge in [-0.05, 0) is 54.6 Å². The number of Topliss-reactive ketones (excluding diaryl/α,β-unsaturated/α-hetero) is 2. The topological polar surface area (TPSA) is 49.9 Å². The predicted octanol–water partition coefficient (Wildman–Crippen LogP) is 5.47. The molecule has 1 N–H and O–H groups in total. The minimum atomic E-state index is -0.382. The summed E-state index contributed by atoms with van der Waals surface area (Å²) in [6.45, 7) is 0. The lowest BCUT2D eigenvalue weighted by Crippen LogP contribution is -2.18. The number of carbonyl (C=O) groups is 2. The van der Waals surface area contributed by atoms with Gasteiger partial charge in [-0.2, -0.15) is 0 Å². The zero-order valence-corrected chi connectivity index (χ0v) is 15.3. The van der Waals surface area contributed by atoms with Crippen LogP contribution in [-0.4, -0.2) is 16.6 Å². The highest BCUT2D eigenvalue weighted by Crippen LogP contribution is 2.43. The van der Waals surface area contributed by atoms with Gasteiger partial charge in [-0.3, -0.25) is 9.59 Å². The van der Waals surface area contributed by atoms with Crippen LogP contribution >= 0.6 is 23.5 Å². The number of hydrogen-bond donors (Lipinski definition) is 1. The number of carbonyl (C=O) groups excluding carboxylic acids is 2. The molecule has 3 nitrogen and oxygen atoms in total. The maximum atomic E-state index is 13.2. The van der Waals surface area contributed by atoms with Gasteiger partial charge in [0.05, 0.1) is 21.1 Å². The molecule has 134 valence electrons. The molecular formula is C20H11F2NO2S2. The van der Waals surface area contributed by atoms with Gasteiger partial charge >= 0.3 is 0 Å². The van der Waals surface area contributed by atoms with Crippen molar-refractivity contribution in [3.05, 3.63) is 93.5 Å². The van der Waals surface area contributed by atoms with Crippen molar-refractivity contribution >= 4 is 35.1 Å². The molecule has 0 unspecified atom stereocenters. The van der Waals surface area contributed by atoms with Crippen molar-refractivity contribution in [3.63, 3.8) is 0 Å². The lowest BCUT2D eigenvalue weighted by atomic mass is 10.0. The number of halogens is 2. The number of fused-ring (bicyclic) bond motifs is 1. The standard InChI is InChI=1S/C20H11F2NO2S2/c21-11-1-5-13(6-2-11)26-19-17(24)15-9-10-23-16(15)18(25)20(19)27-14-7-3-12(22)4-8-14/h1-10,23H. The molecule has 0 atom stereocenters. The van der Waals surface area contributed by atoms with E-state index >= 15 is 0 Å². The summed E-state index contributed by atoms with van der Waals surface area (Å²) in [7, 11) is 0. The number of rotatable bonds is 4. The molecule has 0 spiro atoms. The average Bonchev–Trinajstić information content (AvgIpc) is 3.16. The Kier molecular flexibility index (Phi) is 4.72. The second kappa shape index (κ2) is 7.17. The molecule has 0 saturated heterocycles. The summed E-state index contributed by atoms with van der Waals surface area (Å²) in [6.07, 6.45) is 1.55. The van der Waals surface area contributed by atoms with Gasteiger partial charge in [0.2, 0.25) is 11.6 Å². The predicted molar refractivity (Wildman–Crippen MR) is 101 cm³/mol. The zero-order valence-electron chi connectivity index (χ0n) is 13.7. The van der Waals surface area contributed by atoms with Gasteiger partial charge in [-0.1, -0.05) is 23.5 Å². The number of nitrogens with one attached hydrogen (secondary N) is 1. The number of ketones is 2. The van der Waals surface area contributed by atoms with E-state index in [1.54, 1.807) is 36.5 Å². The summed E-state index contributed by atoms with van der Waals surface area (Å²) in [4.78, 5) is 30.5. The van der Waals surface area contributed by atoms with E-state index in [-0.39, 0.29) is 38.7 Å². The first-order chi connectivity index (χ1) is 13.0. The highest BCUT2D eigenvalue weighted by atomic mass is 32.2. The van der Waals surface area contributed by atoms with E-state index in [1.807, 2.05) is 0 Å². The fourth-order valence-corrected chi connectivity index (χ4v) is 4.65. The first kappa shape index (κ1) is 17.8. The molecule has 3 aromatic rings. The number of benzene rings is 2. The van der Waals surface area contributed by atoms with Crippen LogP contribution < -0.4 is 0 Å². The second-order valence-electron chi connectivity index (χ2n) is 5.69. The second-order valence-corrected chi connectivity index (χ2v) is 7.86. The Morgan fingerprint density at radius 3 is 1.67 bits per heavy atom. The molecule has 2 aromatic carbocycles. The average molecular weight is 399 g/mol. The molecule has 0 aliphatic heterocycles. The van der Waals surface area contributed by atoms with E-state index in [1.165, 1.54) is 24.3 Å². The lowest BCUT2D eigenvalue weighted by molar-refractivity contribution is 0.0986. The van der Waals surface area contributed by atoms with Crippen molar-refractivity contribution in [1.29, 1.82) is 0 Å². The SMILES string of the molecule is O=C1C(Sc2ccc(F)cc2)=C(Sc2ccc(F)cc2)C(=O)c2[nH]ccc21. The van der Waals surface area contributed by atoms with E-state index in [0.29, 0.717) is 15.4 Å². The van der Waals surface area contributed by atoms with E-state index in [4.69, 9.17) is 0 Å². The van der Waals surface area contributed by atoms with Crippen LogP contribution in [0.4, 0.5) is 8.78 Å². The van der Waals surface area contributed by atoms with Crippen molar-refractivity contribution in [2.75, 3.05) is 0 Å². The maximum absolute atomic E-state index is 13.2. The van der Waals surface area contributed by atoms with Crippen molar-refractivity contribution < 1.29 is 18.4 Å². The number of aromatic nitrogens is 1. The third kappa shape index (κ3) is 3.48. The summed E-state index contributed by atoms with van der Waals surface area (Å²) in [5.41, 5.74) is 0.557. The number of hydrogen-bond acceptors (Lipinski definition) is 4. The van der Waals surface area contributed by atoms with Gasteiger partial charge in [0.25, 0.3) is 0 Å². The number of aromatic amines is 1. The van der Waals surface area contributed by atoms with Gasteiger partial charge in [0.15, 0.2) is 0 Å². The van der Waals surface area contributed by atoms with Gasteiger partial charge < -0.3 is 4.98 Å². The molecule has 0 saturated carbocycles. The van der Waals surface area contributed by atoms with Crippen LogP contribution in [0.5, 0.6) is 0 Å². The van der Waals surface area contributed by atoms with Crippen LogP contribution in [0.3, 0.4) is 0 Å². The Balaban J connectivity index is 1.78. The molecule has 4 rings (SSSR count). The lowest BCUT2D eigenvalue weighted by Gasteiger charge is -2.18. The minimum absolute atomic E-state index is 0.244. The van der Waals surface area contributed by atoms with Crippen LogP contribution in [0.1, 0.15) is 20.8 Å². The molecule has 1 aliphatic carbocycles. The number of allylic oxidation sites excluding steroid dienone is 2. The number of thioether (sulfide) groups is 2. The van der Waals surface area contributed by atoms with Gasteiger partial charge in [-0.15, -0.1) is 0 Å². The van der Waals surface area contributed by atoms with Crippen molar-refractivity contribution in [1.82, 2.24) is 4.98 Å². The normalized spacial score (nSPS) is 13.9. The molecule has 1 aromatic heterocycles. The molecular weight excluding hydrogens is 388 g/mol. The van der Waals surface area contributed by atoms with Gasteiger partial charge in [-0.25, -0.2) is 8.78 Å². The Labute approximate surface area is 161 Å². The fraction of sp³-hybridized carbons (Fsp3) is 0. The Morgan fingerprint density at radius 1 is 0.667 bits per heavy atom. The van der Waals surface area contributed by atoms with Crippen molar-refractivity contribution in [3.8, 4) is 0 Å². The third-order valence-electron chi connectivity index (χ3n) is 3.90. The molecule has 1 heterocycles. The van der Waals surface area contributed by atoms with E-state index < -0.39 is 0 Å². The summed E-state index contributed by atoms with van der Waals surface area (Å²) < 4.78 is 26.3. The molecule has 27 heavy (non-hydrogen) atoms. The van der Waals surface area contributed by atoms with Crippen LogP contribution in [0.25, 0.3) is 0 Å². The van der Waals surface area contributed by atoms with E-state index in [9.17, 15) is 18.4 Å². The van der Waals surface area contributed by atoms with Gasteiger partial charge in [0, 0.05) is 16.0 Å². The Morgan fingerprint density at radius 2 is 1.15 bits per heavy atom. The van der Waals surface area contributed by atoms with Crippen LogP contribution in [0.2, 0.25) is 0 Å². The smallest absolute Gasteiger partial charge is 0.217 e. The minimum Gasteiger partial charge on any atom is -0.358 e. The first-order valence-electron chi connectivity index (χ1n) is 7.91. The maximum Gasteiger partial charge on any atom is 0.217 e. The summed E-state index contributed by atoms with van der Waals surface area (Å²) in [5, 5.41) is 0. The Hall–Kier alpha value is -2.64. The van der Waals surface area contributed by atoms with Crippen LogP contribution in [0.15, 0.2) is 80.4 Å². The molecule has 0 radical (unpaired) electrons. The monoisotopic (exact) mass is 399 g/mol. The van der Waals surface area contributed by atoms with Gasteiger partial charge in [0.1, 0.15) is 11.6 Å². The van der Waals surface area contributed by atoms with E-state index in [2.05, 4.69) is 4.98 Å². The summed E-state index contributed by atoms with van der Waals surface area (Å²) >= 11 is 2.23. The molecule has 0 bridgehead atoms. The first-order valence-corrected chi connectivity index (χ1v) is 9.54. The molecule has 0 fully saturated rings. The summed E-state index contributed by atoms with van der Waals surface area (Å²) in [6, 6.07) is 13.0. The highest BCUT2D eigenvalue weighted by Gasteiger charge is 2.34. The van der Waals surface area contributed by atoms with Crippen molar-refractivity contribution in [2.45, 2.75) is 9.79 Å². The highest BCUT2D eigenvalue weighted by molar-refractivity contribution is 8.08. The van der Waals surface area contributed by atoms with Crippen molar-refractivity contribution in [2.24, 2.45) is 0 Å². The van der Waals surface area contributed by atoms with Crippen LogP contribution in [-0.2, 0) is 0 Å². The molecule has 1 aliphatic rings. The molecule has 0 amide bonds. The number of H-pyrrole nitrogens is 1. The quantitative estimate of drug-likeness (QED) is 0.632. The van der Waals surface area contributed by atoms with Crippen LogP contribution in [0, 0.1) is 11.6 Å². The fourth-order valence-electron chi connectivity index (χ4n) is 2.61.